The summed E-state index contributed by atoms with van der Waals surface area (Å²) in [5, 5.41) is 0.760. The largest absolute Gasteiger partial charge is 0.298 e. The van der Waals surface area contributed by atoms with Crippen LogP contribution in [0.1, 0.15) is 24.5 Å². The lowest BCUT2D eigenvalue weighted by Crippen LogP contribution is -2.15. The summed E-state index contributed by atoms with van der Waals surface area (Å²) < 4.78 is 0. The lowest BCUT2D eigenvalue weighted by Gasteiger charge is -2.10. The van der Waals surface area contributed by atoms with Crippen molar-refractivity contribution in [3.63, 3.8) is 0 Å². The molecule has 0 radical (unpaired) electrons. The molecule has 0 aliphatic carbocycles. The topological polar surface area (TPSA) is 17.1 Å². The lowest BCUT2D eigenvalue weighted by atomic mass is 10.0. The Morgan fingerprint density at radius 3 is 2.80 bits per heavy atom. The summed E-state index contributed by atoms with van der Waals surface area (Å²) in [5.41, 5.74) is 2.19. The number of hydrogen-bond donors (Lipinski definition) is 0. The molecule has 0 saturated carbocycles. The number of carbonyl (C=O) groups excluding carboxylic acids is 1. The van der Waals surface area contributed by atoms with E-state index < -0.39 is 0 Å². The minimum Gasteiger partial charge on any atom is -0.298 e. The first-order valence-corrected chi connectivity index (χ1v) is 6.26. The maximum Gasteiger partial charge on any atom is 0.146 e. The van der Waals surface area contributed by atoms with Crippen molar-refractivity contribution in [3.05, 3.63) is 34.3 Å². The van der Waals surface area contributed by atoms with Gasteiger partial charge in [0, 0.05) is 11.4 Å². The third-order valence-electron chi connectivity index (χ3n) is 2.48. The Kier molecular flexibility index (Phi) is 4.81. The van der Waals surface area contributed by atoms with Crippen LogP contribution in [0, 0.1) is 6.92 Å². The van der Waals surface area contributed by atoms with Crippen LogP contribution in [-0.4, -0.2) is 10.6 Å². The van der Waals surface area contributed by atoms with Crippen LogP contribution in [0.3, 0.4) is 0 Å². The molecule has 0 fully saturated rings. The zero-order valence-corrected chi connectivity index (χ0v) is 11.2. The van der Waals surface area contributed by atoms with E-state index in [9.17, 15) is 4.79 Å². The van der Waals surface area contributed by atoms with Gasteiger partial charge in [0.1, 0.15) is 5.78 Å². The molecule has 0 N–H and O–H groups in total. The zero-order chi connectivity index (χ0) is 11.4. The summed E-state index contributed by atoms with van der Waals surface area (Å²) in [7, 11) is 0. The number of halogens is 2. The van der Waals surface area contributed by atoms with Crippen LogP contribution in [0.4, 0.5) is 0 Å². The monoisotopic (exact) mass is 288 g/mol. The van der Waals surface area contributed by atoms with E-state index in [2.05, 4.69) is 15.9 Å². The molecule has 1 rings (SSSR count). The summed E-state index contributed by atoms with van der Waals surface area (Å²) in [6.07, 6.45) is 1.27. The Morgan fingerprint density at radius 2 is 2.20 bits per heavy atom. The summed E-state index contributed by atoms with van der Waals surface area (Å²) in [6.45, 7) is 3.86. The summed E-state index contributed by atoms with van der Waals surface area (Å²) in [5.74, 6) is 0.231. The quantitative estimate of drug-likeness (QED) is 0.768. The first-order valence-electron chi connectivity index (χ1n) is 4.97. The minimum atomic E-state index is -0.0975. The van der Waals surface area contributed by atoms with Crippen molar-refractivity contribution >= 4 is 33.3 Å². The van der Waals surface area contributed by atoms with Gasteiger partial charge >= 0.3 is 0 Å². The highest BCUT2D eigenvalue weighted by Crippen LogP contribution is 2.22. The van der Waals surface area contributed by atoms with E-state index in [1.807, 2.05) is 32.0 Å². The molecule has 0 aromatic heterocycles. The van der Waals surface area contributed by atoms with Gasteiger partial charge in [-0.15, -0.1) is 0 Å². The molecule has 1 nitrogen and oxygen atoms in total. The molecule has 1 aromatic rings. The van der Waals surface area contributed by atoms with Crippen LogP contribution in [-0.2, 0) is 11.2 Å². The van der Waals surface area contributed by atoms with E-state index >= 15 is 0 Å². The predicted octanol–water partition coefficient (Wildman–Crippen LogP) is 3.93. The lowest BCUT2D eigenvalue weighted by molar-refractivity contribution is -0.118. The molecule has 15 heavy (non-hydrogen) atoms. The van der Waals surface area contributed by atoms with Gasteiger partial charge in [0.05, 0.1) is 4.83 Å². The van der Waals surface area contributed by atoms with Crippen LogP contribution in [0.25, 0.3) is 0 Å². The van der Waals surface area contributed by atoms with Crippen molar-refractivity contribution in [1.82, 2.24) is 0 Å². The minimum absolute atomic E-state index is 0.0975. The van der Waals surface area contributed by atoms with Gasteiger partial charge in [-0.1, -0.05) is 46.6 Å². The Hall–Kier alpha value is -0.340. The Bertz CT molecular complexity index is 363. The van der Waals surface area contributed by atoms with Crippen LogP contribution < -0.4 is 0 Å². The summed E-state index contributed by atoms with van der Waals surface area (Å²) in [4.78, 5) is 11.3. The van der Waals surface area contributed by atoms with E-state index in [0.29, 0.717) is 12.8 Å². The molecule has 0 amide bonds. The number of carbonyl (C=O) groups is 1. The molecule has 0 aliphatic rings. The van der Waals surface area contributed by atoms with Gasteiger partial charge < -0.3 is 0 Å². The summed E-state index contributed by atoms with van der Waals surface area (Å²) >= 11 is 9.42. The highest BCUT2D eigenvalue weighted by molar-refractivity contribution is 9.10. The Balaban J connectivity index is 2.81. The SMILES string of the molecule is CCC(=O)C(Br)Cc1cccc(Cl)c1C. The number of Topliss-reactive ketones (excluding diaryl/α,β-unsaturated/α-hetero) is 1. The van der Waals surface area contributed by atoms with Gasteiger partial charge in [-0.05, 0) is 30.5 Å². The van der Waals surface area contributed by atoms with Gasteiger partial charge in [0.15, 0.2) is 0 Å². The molecule has 1 unspecified atom stereocenters. The van der Waals surface area contributed by atoms with Crippen LogP contribution in [0.5, 0.6) is 0 Å². The highest BCUT2D eigenvalue weighted by Gasteiger charge is 2.14. The molecule has 82 valence electrons. The van der Waals surface area contributed by atoms with Gasteiger partial charge in [-0.25, -0.2) is 0 Å². The fourth-order valence-electron chi connectivity index (χ4n) is 1.40. The molecular formula is C12H14BrClO. The van der Waals surface area contributed by atoms with Crippen molar-refractivity contribution in [1.29, 1.82) is 0 Å². The van der Waals surface area contributed by atoms with Gasteiger partial charge in [0.2, 0.25) is 0 Å². The molecule has 0 spiro atoms. The van der Waals surface area contributed by atoms with Crippen LogP contribution >= 0.6 is 27.5 Å². The van der Waals surface area contributed by atoms with E-state index in [0.717, 1.165) is 16.1 Å². The number of ketones is 1. The van der Waals surface area contributed by atoms with E-state index in [1.54, 1.807) is 0 Å². The number of benzene rings is 1. The highest BCUT2D eigenvalue weighted by atomic mass is 79.9. The fraction of sp³-hybridized carbons (Fsp3) is 0.417. The average molecular weight is 290 g/mol. The number of hydrogen-bond acceptors (Lipinski definition) is 1. The second-order valence-electron chi connectivity index (χ2n) is 3.52. The summed E-state index contributed by atoms with van der Waals surface area (Å²) in [6, 6.07) is 5.80. The smallest absolute Gasteiger partial charge is 0.146 e. The normalized spacial score (nSPS) is 12.5. The molecule has 1 aromatic carbocycles. The van der Waals surface area contributed by atoms with Gasteiger partial charge in [-0.2, -0.15) is 0 Å². The Morgan fingerprint density at radius 1 is 1.53 bits per heavy atom. The van der Waals surface area contributed by atoms with Crippen molar-refractivity contribution < 1.29 is 4.79 Å². The third-order valence-corrected chi connectivity index (χ3v) is 3.72. The molecule has 3 heteroatoms. The zero-order valence-electron chi connectivity index (χ0n) is 8.89. The third kappa shape index (κ3) is 3.32. The van der Waals surface area contributed by atoms with Crippen molar-refractivity contribution in [2.75, 3.05) is 0 Å². The molecule has 0 saturated heterocycles. The maximum atomic E-state index is 11.4. The maximum absolute atomic E-state index is 11.4. The average Bonchev–Trinajstić information content (AvgIpc) is 2.23. The van der Waals surface area contributed by atoms with Crippen molar-refractivity contribution in [2.24, 2.45) is 0 Å². The molecule has 0 aliphatic heterocycles. The first-order chi connectivity index (χ1) is 7.06. The van der Waals surface area contributed by atoms with Crippen molar-refractivity contribution in [2.45, 2.75) is 31.5 Å². The number of alkyl halides is 1. The van der Waals surface area contributed by atoms with E-state index in [4.69, 9.17) is 11.6 Å². The molecule has 0 heterocycles. The van der Waals surface area contributed by atoms with E-state index in [-0.39, 0.29) is 10.6 Å². The number of rotatable bonds is 4. The predicted molar refractivity (Wildman–Crippen MR) is 67.9 cm³/mol. The second-order valence-corrected chi connectivity index (χ2v) is 5.03. The second kappa shape index (κ2) is 5.66. The standard InChI is InChI=1S/C12H14BrClO/c1-3-12(15)10(13)7-9-5-4-6-11(14)8(9)2/h4-6,10H,3,7H2,1-2H3. The van der Waals surface area contributed by atoms with Gasteiger partial charge in [0.25, 0.3) is 0 Å². The van der Waals surface area contributed by atoms with Crippen LogP contribution in [0.15, 0.2) is 18.2 Å². The fourth-order valence-corrected chi connectivity index (χ4v) is 2.27. The molecular weight excluding hydrogens is 275 g/mol. The van der Waals surface area contributed by atoms with Gasteiger partial charge in [-0.3, -0.25) is 4.79 Å². The molecule has 1 atom stereocenters. The first kappa shape index (κ1) is 12.7. The molecule has 0 bridgehead atoms. The Labute approximate surface area is 104 Å². The van der Waals surface area contributed by atoms with Crippen LogP contribution in [0.2, 0.25) is 5.02 Å². The van der Waals surface area contributed by atoms with E-state index in [1.165, 1.54) is 0 Å². The van der Waals surface area contributed by atoms with Crippen molar-refractivity contribution in [3.8, 4) is 0 Å².